The van der Waals surface area contributed by atoms with Crippen LogP contribution in [0, 0.1) is 17.1 Å². The fourth-order valence-electron chi connectivity index (χ4n) is 2.38. The number of carbonyl (C=O) groups excluding carboxylic acids is 1. The minimum atomic E-state index is -0.442. The summed E-state index contributed by atoms with van der Waals surface area (Å²) in [6.45, 7) is 0.593. The number of rotatable bonds is 6. The molecule has 0 spiro atoms. The molecule has 8 heteroatoms. The second kappa shape index (κ2) is 7.40. The molecule has 2 aromatic heterocycles. The number of nitrogens with one attached hydrogen (secondary N) is 2. The normalized spacial score (nSPS) is 10.4. The highest BCUT2D eigenvalue weighted by molar-refractivity contribution is 6.07. The zero-order valence-corrected chi connectivity index (χ0v) is 13.2. The van der Waals surface area contributed by atoms with Crippen molar-refractivity contribution in [2.24, 2.45) is 0 Å². The molecular weight excluding hydrogens is 323 g/mol. The maximum absolute atomic E-state index is 14.0. The number of unbranched alkanes of at least 4 members (excludes halogenated alkanes) is 1. The number of amides is 1. The van der Waals surface area contributed by atoms with E-state index in [1.54, 1.807) is 35.1 Å². The van der Waals surface area contributed by atoms with Crippen molar-refractivity contribution in [3.05, 3.63) is 54.1 Å². The molecule has 2 heterocycles. The maximum atomic E-state index is 14.0. The van der Waals surface area contributed by atoms with Crippen LogP contribution in [-0.4, -0.2) is 25.9 Å². The Kier molecular flexibility index (Phi) is 4.85. The van der Waals surface area contributed by atoms with Gasteiger partial charge in [0.05, 0.1) is 23.5 Å². The first-order valence-electron chi connectivity index (χ1n) is 7.69. The second-order valence-corrected chi connectivity index (χ2v) is 5.32. The van der Waals surface area contributed by atoms with Gasteiger partial charge in [-0.15, -0.1) is 0 Å². The van der Waals surface area contributed by atoms with Gasteiger partial charge in [-0.2, -0.15) is 15.5 Å². The molecule has 1 aromatic carbocycles. The molecule has 0 aliphatic rings. The van der Waals surface area contributed by atoms with E-state index in [0.717, 1.165) is 0 Å². The summed E-state index contributed by atoms with van der Waals surface area (Å²) in [7, 11) is 0. The van der Waals surface area contributed by atoms with E-state index in [2.05, 4.69) is 26.7 Å². The molecule has 1 amide bonds. The van der Waals surface area contributed by atoms with Crippen LogP contribution >= 0.6 is 0 Å². The summed E-state index contributed by atoms with van der Waals surface area (Å²) < 4.78 is 15.6. The van der Waals surface area contributed by atoms with Crippen molar-refractivity contribution < 1.29 is 9.18 Å². The van der Waals surface area contributed by atoms with Crippen molar-refractivity contribution in [2.45, 2.75) is 19.4 Å². The lowest BCUT2D eigenvalue weighted by Gasteiger charge is -2.05. The van der Waals surface area contributed by atoms with Crippen LogP contribution in [0.15, 0.2) is 42.7 Å². The number of carbonyl (C=O) groups is 1. The standard InChI is InChI=1S/C17H15FN6O/c18-14-6-2-1-5-12(14)16-13(11-20-22-16)17(25)21-15-7-10-24(23-15)9-4-3-8-19/h1-2,5-7,10-11H,3-4,9H2,(H,20,22)(H,21,23,25). The van der Waals surface area contributed by atoms with E-state index in [0.29, 0.717) is 30.9 Å². The third-order valence-corrected chi connectivity index (χ3v) is 3.59. The first-order chi connectivity index (χ1) is 12.2. The van der Waals surface area contributed by atoms with Crippen LogP contribution in [0.4, 0.5) is 10.2 Å². The van der Waals surface area contributed by atoms with Gasteiger partial charge in [0.2, 0.25) is 0 Å². The van der Waals surface area contributed by atoms with Crippen molar-refractivity contribution >= 4 is 11.7 Å². The molecule has 0 fully saturated rings. The summed E-state index contributed by atoms with van der Waals surface area (Å²) in [5.74, 6) is -0.500. The maximum Gasteiger partial charge on any atom is 0.260 e. The average Bonchev–Trinajstić information content (AvgIpc) is 3.25. The Morgan fingerprint density at radius 1 is 1.36 bits per heavy atom. The lowest BCUT2D eigenvalue weighted by Crippen LogP contribution is -2.13. The van der Waals surface area contributed by atoms with Gasteiger partial charge in [0.25, 0.3) is 5.91 Å². The number of H-pyrrole nitrogens is 1. The quantitative estimate of drug-likeness (QED) is 0.675. The van der Waals surface area contributed by atoms with E-state index in [1.807, 2.05) is 0 Å². The highest BCUT2D eigenvalue weighted by Gasteiger charge is 2.18. The van der Waals surface area contributed by atoms with Crippen LogP contribution in [0.5, 0.6) is 0 Å². The minimum absolute atomic E-state index is 0.226. The Morgan fingerprint density at radius 3 is 3.00 bits per heavy atom. The molecule has 0 radical (unpaired) electrons. The third kappa shape index (κ3) is 3.72. The van der Waals surface area contributed by atoms with Gasteiger partial charge in [0.1, 0.15) is 5.82 Å². The summed E-state index contributed by atoms with van der Waals surface area (Å²) in [6, 6.07) is 9.88. The number of halogens is 1. The fraction of sp³-hybridized carbons (Fsp3) is 0.176. The fourth-order valence-corrected chi connectivity index (χ4v) is 2.38. The number of nitrogens with zero attached hydrogens (tertiary/aromatic N) is 4. The Hall–Kier alpha value is -3.47. The SMILES string of the molecule is N#CCCCn1ccc(NC(=O)c2cn[nH]c2-c2ccccc2F)n1. The van der Waals surface area contributed by atoms with Crippen LogP contribution in [-0.2, 0) is 6.54 Å². The smallest absolute Gasteiger partial charge is 0.260 e. The molecule has 0 saturated carbocycles. The van der Waals surface area contributed by atoms with Gasteiger partial charge in [-0.1, -0.05) is 12.1 Å². The summed E-state index contributed by atoms with van der Waals surface area (Å²) in [5.41, 5.74) is 0.806. The lowest BCUT2D eigenvalue weighted by molar-refractivity contribution is 0.102. The third-order valence-electron chi connectivity index (χ3n) is 3.59. The number of benzene rings is 1. The first kappa shape index (κ1) is 16.4. The largest absolute Gasteiger partial charge is 0.305 e. The van der Waals surface area contributed by atoms with Crippen molar-refractivity contribution in [3.63, 3.8) is 0 Å². The number of nitriles is 1. The molecule has 126 valence electrons. The monoisotopic (exact) mass is 338 g/mol. The lowest BCUT2D eigenvalue weighted by atomic mass is 10.1. The Balaban J connectivity index is 1.74. The van der Waals surface area contributed by atoms with Crippen molar-refractivity contribution in [2.75, 3.05) is 5.32 Å². The van der Waals surface area contributed by atoms with Crippen LogP contribution in [0.2, 0.25) is 0 Å². The predicted octanol–water partition coefficient (Wildman–Crippen LogP) is 2.97. The molecule has 0 aliphatic heterocycles. The number of aromatic amines is 1. The number of anilines is 1. The van der Waals surface area contributed by atoms with E-state index in [-0.39, 0.29) is 11.1 Å². The number of hydrogen-bond acceptors (Lipinski definition) is 4. The molecule has 3 rings (SSSR count). The Labute approximate surface area is 143 Å². The van der Waals surface area contributed by atoms with Crippen molar-refractivity contribution in [1.29, 1.82) is 5.26 Å². The second-order valence-electron chi connectivity index (χ2n) is 5.32. The van der Waals surface area contributed by atoms with Crippen LogP contribution in [0.3, 0.4) is 0 Å². The summed E-state index contributed by atoms with van der Waals surface area (Å²) in [6.07, 6.45) is 4.20. The van der Waals surface area contributed by atoms with Crippen LogP contribution in [0.25, 0.3) is 11.3 Å². The van der Waals surface area contributed by atoms with Crippen LogP contribution < -0.4 is 5.32 Å². The van der Waals surface area contributed by atoms with E-state index in [9.17, 15) is 9.18 Å². The van der Waals surface area contributed by atoms with E-state index >= 15 is 0 Å². The molecule has 0 atom stereocenters. The van der Waals surface area contributed by atoms with Gasteiger partial charge in [-0.05, 0) is 18.6 Å². The number of aromatic nitrogens is 4. The molecule has 7 nitrogen and oxygen atoms in total. The number of hydrogen-bond donors (Lipinski definition) is 2. The molecule has 0 bridgehead atoms. The van der Waals surface area contributed by atoms with E-state index in [4.69, 9.17) is 5.26 Å². The van der Waals surface area contributed by atoms with Gasteiger partial charge in [-0.3, -0.25) is 14.6 Å². The molecule has 3 aromatic rings. The van der Waals surface area contributed by atoms with Gasteiger partial charge >= 0.3 is 0 Å². The zero-order chi connectivity index (χ0) is 17.6. The number of aryl methyl sites for hydroxylation is 1. The molecule has 0 unspecified atom stereocenters. The molecule has 0 aliphatic carbocycles. The van der Waals surface area contributed by atoms with E-state index in [1.165, 1.54) is 12.3 Å². The molecule has 2 N–H and O–H groups in total. The molecule has 0 saturated heterocycles. The summed E-state index contributed by atoms with van der Waals surface area (Å²) >= 11 is 0. The summed E-state index contributed by atoms with van der Waals surface area (Å²) in [4.78, 5) is 12.5. The van der Waals surface area contributed by atoms with Gasteiger partial charge in [-0.25, -0.2) is 4.39 Å². The molecular formula is C17H15FN6O. The average molecular weight is 338 g/mol. The summed E-state index contributed by atoms with van der Waals surface area (Å²) in [5, 5.41) is 21.9. The first-order valence-corrected chi connectivity index (χ1v) is 7.69. The van der Waals surface area contributed by atoms with Gasteiger partial charge < -0.3 is 5.32 Å². The topological polar surface area (TPSA) is 99.4 Å². The van der Waals surface area contributed by atoms with E-state index < -0.39 is 11.7 Å². The zero-order valence-electron chi connectivity index (χ0n) is 13.2. The van der Waals surface area contributed by atoms with Crippen molar-refractivity contribution in [3.8, 4) is 17.3 Å². The van der Waals surface area contributed by atoms with Crippen LogP contribution in [0.1, 0.15) is 23.2 Å². The minimum Gasteiger partial charge on any atom is -0.305 e. The highest BCUT2D eigenvalue weighted by atomic mass is 19.1. The predicted molar refractivity (Wildman–Crippen MR) is 89.0 cm³/mol. The van der Waals surface area contributed by atoms with Gasteiger partial charge in [0.15, 0.2) is 5.82 Å². The van der Waals surface area contributed by atoms with Crippen molar-refractivity contribution in [1.82, 2.24) is 20.0 Å². The van der Waals surface area contributed by atoms with Gasteiger partial charge in [0, 0.05) is 30.8 Å². The Morgan fingerprint density at radius 2 is 2.20 bits per heavy atom. The Bertz CT molecular complexity index is 923. The molecule has 25 heavy (non-hydrogen) atoms. The highest BCUT2D eigenvalue weighted by Crippen LogP contribution is 2.24.